The SMILES string of the molecule is CC(C(=O)c1ccc2c(c1)OC(CC(C)(C)OC(=O)N[C@@H](Cc1ccccc1)C(=O)N(C)C(C)C(=O)c1ccc3c(c1)OCO3)O2)N(C)C(=O)[C@H](C)NC(=O)OC(C)(C)C. The molecule has 0 bridgehead atoms. The molecule has 0 aromatic heterocycles. The fourth-order valence-electron chi connectivity index (χ4n) is 6.52. The van der Waals surface area contributed by atoms with Gasteiger partial charge in [-0.2, -0.15) is 0 Å². The number of rotatable bonds is 15. The molecule has 2 aliphatic rings. The van der Waals surface area contributed by atoms with Gasteiger partial charge in [0.25, 0.3) is 0 Å². The standard InChI is InChI=1S/C44H54N4O12/c1-25(45-41(53)59-43(4,5)6)39(51)47(9)26(2)37(49)30-17-19-33-35(22-30)58-36(57-33)23-44(7,8)60-42(54)46-31(20-28-14-12-11-13-15-28)40(52)48(10)27(3)38(50)29-16-18-32-34(21-29)56-24-55-32/h11-19,21-22,25-27,31,36H,20,23-24H2,1-10H3,(H,45,53)(H,46,54)/t25-,26?,27?,31-,36?/m0/s1. The Hall–Kier alpha value is -6.32. The van der Waals surface area contributed by atoms with Crippen LogP contribution < -0.4 is 29.6 Å². The molecule has 0 fully saturated rings. The van der Waals surface area contributed by atoms with Gasteiger partial charge in [-0.05, 0) is 97.4 Å². The van der Waals surface area contributed by atoms with Crippen molar-refractivity contribution in [1.29, 1.82) is 0 Å². The summed E-state index contributed by atoms with van der Waals surface area (Å²) in [6, 6.07) is 14.8. The molecular formula is C44H54N4O12. The van der Waals surface area contributed by atoms with E-state index in [1.165, 1.54) is 36.9 Å². The second kappa shape index (κ2) is 18.3. The molecule has 60 heavy (non-hydrogen) atoms. The van der Waals surface area contributed by atoms with Crippen molar-refractivity contribution in [3.8, 4) is 23.0 Å². The van der Waals surface area contributed by atoms with Crippen LogP contribution in [0.5, 0.6) is 23.0 Å². The van der Waals surface area contributed by atoms with Crippen LogP contribution in [-0.2, 0) is 25.5 Å². The summed E-state index contributed by atoms with van der Waals surface area (Å²) in [5.74, 6) is -0.0629. The predicted molar refractivity (Wildman–Crippen MR) is 218 cm³/mol. The quantitative estimate of drug-likeness (QED) is 0.178. The number of ketones is 2. The minimum atomic E-state index is -1.17. The Balaban J connectivity index is 1.18. The van der Waals surface area contributed by atoms with Gasteiger partial charge in [-0.1, -0.05) is 30.3 Å². The minimum absolute atomic E-state index is 0.0567. The lowest BCUT2D eigenvalue weighted by Gasteiger charge is -2.31. The zero-order valence-corrected chi connectivity index (χ0v) is 35.7. The van der Waals surface area contributed by atoms with E-state index < -0.39 is 65.7 Å². The van der Waals surface area contributed by atoms with Gasteiger partial charge in [-0.15, -0.1) is 0 Å². The highest BCUT2D eigenvalue weighted by Crippen LogP contribution is 2.38. The molecular weight excluding hydrogens is 777 g/mol. The number of ether oxygens (including phenoxy) is 6. The molecule has 2 aliphatic heterocycles. The van der Waals surface area contributed by atoms with E-state index in [2.05, 4.69) is 10.6 Å². The summed E-state index contributed by atoms with van der Waals surface area (Å²) >= 11 is 0. The first-order chi connectivity index (χ1) is 28.1. The molecule has 2 heterocycles. The van der Waals surface area contributed by atoms with Crippen LogP contribution >= 0.6 is 0 Å². The van der Waals surface area contributed by atoms with E-state index in [9.17, 15) is 28.8 Å². The molecule has 3 aromatic carbocycles. The van der Waals surface area contributed by atoms with Crippen molar-refractivity contribution in [2.45, 2.75) is 110 Å². The Kier molecular flexibility index (Phi) is 13.7. The number of carbonyl (C=O) groups is 6. The van der Waals surface area contributed by atoms with Crippen LogP contribution in [0.1, 0.15) is 88.1 Å². The normalized spacial score (nSPS) is 16.1. The molecule has 322 valence electrons. The molecule has 3 unspecified atom stereocenters. The maximum Gasteiger partial charge on any atom is 0.408 e. The van der Waals surface area contributed by atoms with Crippen LogP contribution in [0.2, 0.25) is 0 Å². The van der Waals surface area contributed by atoms with Gasteiger partial charge in [0, 0.05) is 31.6 Å². The first-order valence-electron chi connectivity index (χ1n) is 19.6. The molecule has 0 radical (unpaired) electrons. The third-order valence-electron chi connectivity index (χ3n) is 10.0. The smallest absolute Gasteiger partial charge is 0.408 e. The van der Waals surface area contributed by atoms with Crippen LogP contribution in [0.4, 0.5) is 9.59 Å². The van der Waals surface area contributed by atoms with E-state index in [-0.39, 0.29) is 42.5 Å². The van der Waals surface area contributed by atoms with Crippen LogP contribution in [0.3, 0.4) is 0 Å². The molecule has 5 rings (SSSR count). The largest absolute Gasteiger partial charge is 0.454 e. The molecule has 0 saturated carbocycles. The van der Waals surface area contributed by atoms with E-state index in [4.69, 9.17) is 28.4 Å². The second-order valence-electron chi connectivity index (χ2n) is 16.5. The van der Waals surface area contributed by atoms with E-state index >= 15 is 0 Å². The van der Waals surface area contributed by atoms with Crippen molar-refractivity contribution in [2.24, 2.45) is 0 Å². The van der Waals surface area contributed by atoms with Crippen molar-refractivity contribution in [3.05, 3.63) is 83.4 Å². The number of nitrogens with zero attached hydrogens (tertiary/aromatic N) is 2. The maximum absolute atomic E-state index is 14.0. The molecule has 0 aliphatic carbocycles. The number of nitrogens with one attached hydrogen (secondary N) is 2. The van der Waals surface area contributed by atoms with Gasteiger partial charge in [0.1, 0.15) is 23.3 Å². The highest BCUT2D eigenvalue weighted by Gasteiger charge is 2.37. The number of likely N-dealkylation sites (N-methyl/N-ethyl adjacent to an activating group) is 2. The molecule has 16 nitrogen and oxygen atoms in total. The lowest BCUT2D eigenvalue weighted by molar-refractivity contribution is -0.133. The lowest BCUT2D eigenvalue weighted by Crippen LogP contribution is -2.53. The van der Waals surface area contributed by atoms with Gasteiger partial charge in [0.15, 0.2) is 34.6 Å². The summed E-state index contributed by atoms with van der Waals surface area (Å²) in [5.41, 5.74) is -0.536. The van der Waals surface area contributed by atoms with E-state index in [0.717, 1.165) is 5.56 Å². The average molecular weight is 831 g/mol. The van der Waals surface area contributed by atoms with Gasteiger partial charge in [-0.3, -0.25) is 19.2 Å². The van der Waals surface area contributed by atoms with Gasteiger partial charge in [0.05, 0.1) is 18.5 Å². The molecule has 4 amide bonds. The Morgan fingerprint density at radius 1 is 0.683 bits per heavy atom. The summed E-state index contributed by atoms with van der Waals surface area (Å²) in [6.07, 6.45) is -2.33. The van der Waals surface area contributed by atoms with Crippen LogP contribution in [0.15, 0.2) is 66.7 Å². The minimum Gasteiger partial charge on any atom is -0.454 e. The highest BCUT2D eigenvalue weighted by molar-refractivity contribution is 6.03. The Morgan fingerprint density at radius 2 is 1.22 bits per heavy atom. The van der Waals surface area contributed by atoms with Crippen molar-refractivity contribution in [1.82, 2.24) is 20.4 Å². The predicted octanol–water partition coefficient (Wildman–Crippen LogP) is 5.69. The van der Waals surface area contributed by atoms with Gasteiger partial charge in [0.2, 0.25) is 24.9 Å². The molecule has 5 atom stereocenters. The third kappa shape index (κ3) is 11.2. The molecule has 16 heteroatoms. The first-order valence-corrected chi connectivity index (χ1v) is 19.6. The molecule has 0 saturated heterocycles. The fourth-order valence-corrected chi connectivity index (χ4v) is 6.52. The van der Waals surface area contributed by atoms with E-state index in [0.29, 0.717) is 22.8 Å². The Bertz CT molecular complexity index is 2100. The summed E-state index contributed by atoms with van der Waals surface area (Å²) in [4.78, 5) is 82.2. The summed E-state index contributed by atoms with van der Waals surface area (Å²) in [6.45, 7) is 13.2. The van der Waals surface area contributed by atoms with Crippen molar-refractivity contribution in [2.75, 3.05) is 20.9 Å². The Labute approximate surface area is 349 Å². The number of hydrogen-bond donors (Lipinski definition) is 2. The van der Waals surface area contributed by atoms with E-state index in [1.807, 2.05) is 30.3 Å². The van der Waals surface area contributed by atoms with Gasteiger partial charge >= 0.3 is 12.2 Å². The highest BCUT2D eigenvalue weighted by atomic mass is 16.7. The second-order valence-corrected chi connectivity index (χ2v) is 16.5. The van der Waals surface area contributed by atoms with E-state index in [1.54, 1.807) is 78.8 Å². The monoisotopic (exact) mass is 830 g/mol. The van der Waals surface area contributed by atoms with Crippen molar-refractivity contribution >= 4 is 35.6 Å². The first kappa shape index (κ1) is 44.8. The number of benzene rings is 3. The zero-order valence-electron chi connectivity index (χ0n) is 35.7. The lowest BCUT2D eigenvalue weighted by atomic mass is 10.0. The van der Waals surface area contributed by atoms with Crippen LogP contribution in [-0.4, -0.2) is 108 Å². The third-order valence-corrected chi connectivity index (χ3v) is 10.0. The molecule has 3 aromatic rings. The average Bonchev–Trinajstić information content (AvgIpc) is 3.83. The van der Waals surface area contributed by atoms with Gasteiger partial charge < -0.3 is 48.9 Å². The zero-order chi connectivity index (χ0) is 44.1. The number of alkyl carbamates (subject to hydrolysis) is 2. The number of fused-ring (bicyclic) bond motifs is 2. The number of amides is 4. The molecule has 2 N–H and O–H groups in total. The summed E-state index contributed by atoms with van der Waals surface area (Å²) < 4.78 is 33.8. The summed E-state index contributed by atoms with van der Waals surface area (Å²) in [5, 5.41) is 5.21. The van der Waals surface area contributed by atoms with Crippen molar-refractivity contribution in [3.63, 3.8) is 0 Å². The number of carbonyl (C=O) groups excluding carboxylic acids is 6. The molecule has 0 spiro atoms. The number of hydrogen-bond acceptors (Lipinski definition) is 12. The topological polar surface area (TPSA) is 188 Å². The maximum atomic E-state index is 14.0. The fraction of sp³-hybridized carbons (Fsp3) is 0.455. The van der Waals surface area contributed by atoms with Crippen molar-refractivity contribution < 1.29 is 57.2 Å². The van der Waals surface area contributed by atoms with Gasteiger partial charge in [-0.25, -0.2) is 9.59 Å². The Morgan fingerprint density at radius 3 is 1.83 bits per heavy atom. The van der Waals surface area contributed by atoms with Crippen LogP contribution in [0.25, 0.3) is 0 Å². The number of Topliss-reactive ketones (excluding diaryl/α,β-unsaturated/α-hetero) is 2. The summed E-state index contributed by atoms with van der Waals surface area (Å²) in [7, 11) is 2.98. The van der Waals surface area contributed by atoms with Crippen LogP contribution in [0, 0.1) is 0 Å².